The van der Waals surface area contributed by atoms with Gasteiger partial charge < -0.3 is 34.2 Å². The van der Waals surface area contributed by atoms with Crippen molar-refractivity contribution in [2.24, 2.45) is 0 Å². The highest BCUT2D eigenvalue weighted by Crippen LogP contribution is 2.45. The molecular formula is C81H136O16P2. The zero-order valence-corrected chi connectivity index (χ0v) is 63.4. The number of unbranched alkanes of at least 4 members (excludes halogenated alkanes) is 24. The molecule has 16 nitrogen and oxygen atoms in total. The molecule has 4 N–H and O–H groups in total. The van der Waals surface area contributed by atoms with Gasteiger partial charge in [0.2, 0.25) is 0 Å². The van der Waals surface area contributed by atoms with Crippen LogP contribution in [0, 0.1) is 0 Å². The lowest BCUT2D eigenvalue weighted by atomic mass is 10.1. The predicted molar refractivity (Wildman–Crippen MR) is 408 cm³/mol. The fraction of sp³-hybridized carbons (Fsp3) is 0.667. The fourth-order valence-electron chi connectivity index (χ4n) is 9.70. The molecule has 0 spiro atoms. The summed E-state index contributed by atoms with van der Waals surface area (Å²) in [6.07, 6.45) is 88.8. The van der Waals surface area contributed by atoms with Gasteiger partial charge in [0, 0.05) is 19.3 Å². The monoisotopic (exact) mass is 1430 g/mol. The van der Waals surface area contributed by atoms with Crippen molar-refractivity contribution >= 4 is 33.6 Å². The van der Waals surface area contributed by atoms with Crippen LogP contribution in [-0.4, -0.2) is 95.9 Å². The topological polar surface area (TPSA) is 231 Å². The zero-order valence-electron chi connectivity index (χ0n) is 61.6. The van der Waals surface area contributed by atoms with Crippen LogP contribution in [0.5, 0.6) is 0 Å². The maximum Gasteiger partial charge on any atom is 0.472 e. The van der Waals surface area contributed by atoms with Gasteiger partial charge >= 0.3 is 33.6 Å². The van der Waals surface area contributed by atoms with E-state index in [9.17, 15) is 43.5 Å². The van der Waals surface area contributed by atoms with Gasteiger partial charge in [0.1, 0.15) is 25.4 Å². The third kappa shape index (κ3) is 74.4. The van der Waals surface area contributed by atoms with Crippen molar-refractivity contribution in [3.8, 4) is 0 Å². The summed E-state index contributed by atoms with van der Waals surface area (Å²) in [6.45, 7) is 2.44. The van der Waals surface area contributed by atoms with Gasteiger partial charge in [0.25, 0.3) is 0 Å². The summed E-state index contributed by atoms with van der Waals surface area (Å²) in [5.74, 6) is -1.64. The van der Waals surface area contributed by atoms with Crippen molar-refractivity contribution < 1.29 is 75.8 Å². The van der Waals surface area contributed by atoms with E-state index in [2.05, 4.69) is 167 Å². The van der Waals surface area contributed by atoms with Gasteiger partial charge in [-0.1, -0.05) is 269 Å². The minimum absolute atomic E-state index is 0.0775. The first-order valence-corrected chi connectivity index (χ1v) is 41.1. The molecule has 0 saturated carbocycles. The lowest BCUT2D eigenvalue weighted by molar-refractivity contribution is -0.161. The second kappa shape index (κ2) is 73.2. The summed E-state index contributed by atoms with van der Waals surface area (Å²) >= 11 is 0. The largest absolute Gasteiger partial charge is 0.472 e. The molecule has 18 heteroatoms. The van der Waals surface area contributed by atoms with E-state index < -0.39 is 91.5 Å². The van der Waals surface area contributed by atoms with Gasteiger partial charge in [-0.2, -0.15) is 0 Å². The Morgan fingerprint density at radius 2 is 0.535 bits per heavy atom. The van der Waals surface area contributed by atoms with Gasteiger partial charge in [-0.3, -0.25) is 32.5 Å². The Labute approximate surface area is 600 Å². The number of hydrogen-bond donors (Lipinski definition) is 4. The molecule has 0 rings (SSSR count). The van der Waals surface area contributed by atoms with Crippen molar-refractivity contribution in [1.82, 2.24) is 0 Å². The van der Waals surface area contributed by atoms with E-state index >= 15 is 0 Å². The van der Waals surface area contributed by atoms with Crippen molar-refractivity contribution in [1.29, 1.82) is 0 Å². The normalized spacial score (nSPS) is 14.9. The van der Waals surface area contributed by atoms with E-state index in [0.717, 1.165) is 161 Å². The SMILES string of the molecule is CC/C=C\C/C=C\C/C=C\C/C=C\C/C=C\CCCCCC(=O)OCC(COP(=O)(O)OCC(O)COP(=O)(O)OCC(O)COC(=O)CCCCCCCCCCC/C=C\C/C=C\C/C=C\C/C=C\CCCCC)OC(=O)CCCCCCCC/C=C\C/C=C\C/C=C\CCCCC. The lowest BCUT2D eigenvalue weighted by Gasteiger charge is -2.21. The van der Waals surface area contributed by atoms with Crippen molar-refractivity contribution in [2.45, 2.75) is 309 Å². The van der Waals surface area contributed by atoms with Crippen LogP contribution in [0.4, 0.5) is 0 Å². The Balaban J connectivity index is 4.69. The van der Waals surface area contributed by atoms with Gasteiger partial charge in [-0.25, -0.2) is 9.13 Å². The average Bonchev–Trinajstić information content (AvgIpc) is 2.97. The third-order valence-electron chi connectivity index (χ3n) is 15.5. The van der Waals surface area contributed by atoms with E-state index in [-0.39, 0.29) is 19.3 Å². The minimum Gasteiger partial charge on any atom is -0.463 e. The molecule has 566 valence electrons. The Morgan fingerprint density at radius 3 is 0.859 bits per heavy atom. The molecule has 0 amide bonds. The number of phosphoric ester groups is 2. The Kier molecular flexibility index (Phi) is 69.8. The van der Waals surface area contributed by atoms with E-state index in [0.29, 0.717) is 19.3 Å². The second-order valence-corrected chi connectivity index (χ2v) is 28.0. The maximum atomic E-state index is 13.0. The molecule has 5 unspecified atom stereocenters. The van der Waals surface area contributed by atoms with Crippen molar-refractivity contribution in [3.05, 3.63) is 146 Å². The summed E-state index contributed by atoms with van der Waals surface area (Å²) in [7, 11) is -9.81. The first kappa shape index (κ1) is 94.4. The zero-order chi connectivity index (χ0) is 72.3. The maximum absolute atomic E-state index is 13.0. The van der Waals surface area contributed by atoms with Crippen molar-refractivity contribution in [2.75, 3.05) is 39.6 Å². The van der Waals surface area contributed by atoms with Crippen LogP contribution in [0.1, 0.15) is 290 Å². The summed E-state index contributed by atoms with van der Waals surface area (Å²) < 4.78 is 61.1. The number of carbonyl (C=O) groups excluding carboxylic acids is 3. The molecule has 0 saturated heterocycles. The molecule has 0 heterocycles. The second-order valence-electron chi connectivity index (χ2n) is 25.1. The summed E-state index contributed by atoms with van der Waals surface area (Å²) in [4.78, 5) is 58.6. The van der Waals surface area contributed by atoms with Crippen LogP contribution in [0.25, 0.3) is 0 Å². The minimum atomic E-state index is -4.95. The number of aliphatic hydroxyl groups excluding tert-OH is 2. The Bertz CT molecular complexity index is 2380. The Morgan fingerprint density at radius 1 is 0.293 bits per heavy atom. The van der Waals surface area contributed by atoms with Gasteiger partial charge in [-0.15, -0.1) is 0 Å². The number of esters is 3. The molecule has 0 aliphatic rings. The highest BCUT2D eigenvalue weighted by Gasteiger charge is 2.29. The number of phosphoric acid groups is 2. The number of rotatable bonds is 71. The molecule has 0 aliphatic carbocycles. The lowest BCUT2D eigenvalue weighted by Crippen LogP contribution is -2.30. The molecule has 0 aromatic carbocycles. The molecule has 5 atom stereocenters. The van der Waals surface area contributed by atoms with Crippen LogP contribution >= 0.6 is 15.6 Å². The Hall–Kier alpha value is -4.57. The average molecular weight is 1430 g/mol. The number of carbonyl (C=O) groups is 3. The standard InChI is InChI=1S/C81H136O16P2/c1-4-7-10-13-16-19-22-25-28-31-34-35-36-37-38-39-42-44-46-49-52-55-58-61-64-67-79(84)91-70-76(82)71-93-98(87,88)94-72-77(83)73-95-99(89,90)96-75-78(97-81(86)69-66-63-60-57-54-51-48-45-41-33-30-27-24-21-18-15-12-9-6-3)74-92-80(85)68-65-62-59-56-53-50-47-43-40-32-29-26-23-20-17-14-11-8-5-2/h8,11,16-21,25-30,34-35,37-38,40-41,43,45,50,53,76-78,82-83H,4-7,9-10,12-15,22-24,31-33,36,39,42,44,46-49,51-52,54-75H2,1-3H3,(H,87,88)(H,89,90)/b11-8-,19-16-,20-17-,21-18-,28-25-,29-26-,30-27-,35-34-,38-37-,43-40-,45-41-,53-50-. The predicted octanol–water partition coefficient (Wildman–Crippen LogP) is 22.1. The highest BCUT2D eigenvalue weighted by molar-refractivity contribution is 7.47. The number of allylic oxidation sites excluding steroid dienone is 24. The molecule has 0 aromatic heterocycles. The van der Waals surface area contributed by atoms with Crippen LogP contribution in [0.2, 0.25) is 0 Å². The van der Waals surface area contributed by atoms with E-state index in [1.165, 1.54) is 70.6 Å². The van der Waals surface area contributed by atoms with Crippen LogP contribution in [0.3, 0.4) is 0 Å². The summed E-state index contributed by atoms with van der Waals surface area (Å²) in [5.41, 5.74) is 0. The van der Waals surface area contributed by atoms with E-state index in [1.54, 1.807) is 0 Å². The van der Waals surface area contributed by atoms with Gasteiger partial charge in [0.15, 0.2) is 6.10 Å². The molecular weight excluding hydrogens is 1290 g/mol. The van der Waals surface area contributed by atoms with Crippen LogP contribution in [0.15, 0.2) is 146 Å². The number of aliphatic hydroxyl groups is 2. The molecule has 99 heavy (non-hydrogen) atoms. The fourth-order valence-corrected chi connectivity index (χ4v) is 11.3. The molecule has 0 aliphatic heterocycles. The van der Waals surface area contributed by atoms with Gasteiger partial charge in [-0.05, 0) is 148 Å². The molecule has 0 radical (unpaired) electrons. The summed E-state index contributed by atoms with van der Waals surface area (Å²) in [6, 6.07) is 0. The number of ether oxygens (including phenoxy) is 3. The van der Waals surface area contributed by atoms with Crippen LogP contribution in [-0.2, 0) is 55.8 Å². The molecule has 0 bridgehead atoms. The third-order valence-corrected chi connectivity index (χ3v) is 17.4. The quantitative estimate of drug-likeness (QED) is 0.0146. The van der Waals surface area contributed by atoms with Gasteiger partial charge in [0.05, 0.1) is 26.4 Å². The van der Waals surface area contributed by atoms with E-state index in [1.807, 2.05) is 0 Å². The first-order chi connectivity index (χ1) is 48.2. The van der Waals surface area contributed by atoms with Crippen LogP contribution < -0.4 is 0 Å². The number of hydrogen-bond acceptors (Lipinski definition) is 14. The first-order valence-electron chi connectivity index (χ1n) is 38.1. The molecule has 0 aromatic rings. The molecule has 0 fully saturated rings. The smallest absolute Gasteiger partial charge is 0.463 e. The summed E-state index contributed by atoms with van der Waals surface area (Å²) in [5, 5.41) is 20.6. The van der Waals surface area contributed by atoms with Crippen molar-refractivity contribution in [3.63, 3.8) is 0 Å². The van der Waals surface area contributed by atoms with E-state index in [4.69, 9.17) is 32.3 Å². The highest BCUT2D eigenvalue weighted by atomic mass is 31.2.